The maximum Gasteiger partial charge on any atom is 0.125 e. The zero-order valence-electron chi connectivity index (χ0n) is 13.3. The Kier molecular flexibility index (Phi) is 6.04. The predicted octanol–water partition coefficient (Wildman–Crippen LogP) is 3.74. The summed E-state index contributed by atoms with van der Waals surface area (Å²) < 4.78 is 5.88. The lowest BCUT2D eigenvalue weighted by molar-refractivity contribution is 0.277. The van der Waals surface area contributed by atoms with Crippen LogP contribution in [0.15, 0.2) is 18.2 Å². The lowest BCUT2D eigenvalue weighted by atomic mass is 9.97. The number of nitrogens with zero attached hydrogens (tertiary/aromatic N) is 1. The van der Waals surface area contributed by atoms with Crippen molar-refractivity contribution in [1.29, 1.82) is 5.26 Å². The van der Waals surface area contributed by atoms with Crippen molar-refractivity contribution in [3.8, 4) is 11.8 Å². The Hall–Kier alpha value is -1.53. The van der Waals surface area contributed by atoms with Gasteiger partial charge in [0.1, 0.15) is 11.3 Å². The van der Waals surface area contributed by atoms with Crippen LogP contribution in [0.5, 0.6) is 5.75 Å². The van der Waals surface area contributed by atoms with Crippen LogP contribution in [0, 0.1) is 25.2 Å². The van der Waals surface area contributed by atoms with Crippen molar-refractivity contribution in [3.05, 3.63) is 29.3 Å². The molecule has 3 nitrogen and oxygen atoms in total. The molecule has 0 aliphatic carbocycles. The minimum absolute atomic E-state index is 0.305. The van der Waals surface area contributed by atoms with E-state index >= 15 is 0 Å². The Morgan fingerprint density at radius 1 is 1.30 bits per heavy atom. The third-order valence-electron chi connectivity index (χ3n) is 3.33. The van der Waals surface area contributed by atoms with Gasteiger partial charge in [-0.2, -0.15) is 5.26 Å². The summed E-state index contributed by atoms with van der Waals surface area (Å²) in [6.45, 7) is 10.8. The van der Waals surface area contributed by atoms with Crippen LogP contribution in [0.1, 0.15) is 44.7 Å². The summed E-state index contributed by atoms with van der Waals surface area (Å²) in [7, 11) is 0. The molecule has 110 valence electrons. The fourth-order valence-corrected chi connectivity index (χ4v) is 2.42. The number of aryl methyl sites for hydroxylation is 2. The number of nitrogens with one attached hydrogen (secondary N) is 1. The van der Waals surface area contributed by atoms with E-state index in [9.17, 15) is 5.26 Å². The third kappa shape index (κ3) is 4.86. The van der Waals surface area contributed by atoms with E-state index in [0.717, 1.165) is 29.7 Å². The average Bonchev–Trinajstić information content (AvgIpc) is 2.36. The maximum atomic E-state index is 9.29. The van der Waals surface area contributed by atoms with Crippen molar-refractivity contribution in [1.82, 2.24) is 5.32 Å². The van der Waals surface area contributed by atoms with E-state index in [1.807, 2.05) is 13.0 Å². The van der Waals surface area contributed by atoms with Crippen LogP contribution in [0.2, 0.25) is 0 Å². The average molecular weight is 274 g/mol. The van der Waals surface area contributed by atoms with Gasteiger partial charge in [0, 0.05) is 6.04 Å². The molecule has 0 saturated heterocycles. The molecule has 1 rings (SSSR count). The number of nitriles is 1. The van der Waals surface area contributed by atoms with Crippen LogP contribution in [0.3, 0.4) is 0 Å². The Morgan fingerprint density at radius 2 is 1.90 bits per heavy atom. The molecule has 0 heterocycles. The fourth-order valence-electron chi connectivity index (χ4n) is 2.42. The molecule has 0 radical (unpaired) electrons. The van der Waals surface area contributed by atoms with Crippen molar-refractivity contribution in [3.63, 3.8) is 0 Å². The molecule has 20 heavy (non-hydrogen) atoms. The molecule has 0 saturated carbocycles. The minimum Gasteiger partial charge on any atom is -0.493 e. The monoisotopic (exact) mass is 274 g/mol. The topological polar surface area (TPSA) is 45.0 Å². The van der Waals surface area contributed by atoms with Crippen LogP contribution in [0.25, 0.3) is 0 Å². The molecule has 0 aromatic heterocycles. The highest BCUT2D eigenvalue weighted by Gasteiger charge is 2.23. The fraction of sp³-hybridized carbons (Fsp3) is 0.588. The van der Waals surface area contributed by atoms with Crippen molar-refractivity contribution in [2.45, 2.75) is 59.0 Å². The standard InChI is InChI=1S/C17H26N2O/c1-13(2)19-17(5,12-18)10-7-11-20-16-14(3)8-6-9-15(16)4/h6,8-9,13,19H,7,10-11H2,1-5H3. The van der Waals surface area contributed by atoms with Gasteiger partial charge < -0.3 is 4.74 Å². The van der Waals surface area contributed by atoms with Gasteiger partial charge in [-0.25, -0.2) is 0 Å². The van der Waals surface area contributed by atoms with Crippen LogP contribution in [-0.4, -0.2) is 18.2 Å². The Morgan fingerprint density at radius 3 is 2.40 bits per heavy atom. The molecule has 0 amide bonds. The zero-order chi connectivity index (χ0) is 15.2. The van der Waals surface area contributed by atoms with E-state index in [1.54, 1.807) is 0 Å². The first-order valence-corrected chi connectivity index (χ1v) is 7.26. The predicted molar refractivity (Wildman–Crippen MR) is 82.9 cm³/mol. The van der Waals surface area contributed by atoms with Gasteiger partial charge in [0.25, 0.3) is 0 Å². The molecule has 1 aromatic rings. The van der Waals surface area contributed by atoms with E-state index in [2.05, 4.69) is 51.2 Å². The molecule has 1 unspecified atom stereocenters. The summed E-state index contributed by atoms with van der Waals surface area (Å²) in [6.07, 6.45) is 1.64. The molecule has 0 bridgehead atoms. The number of rotatable bonds is 7. The Bertz CT molecular complexity index is 456. The molecule has 1 aromatic carbocycles. The van der Waals surface area contributed by atoms with Crippen molar-refractivity contribution in [2.75, 3.05) is 6.61 Å². The number of para-hydroxylation sites is 1. The summed E-state index contributed by atoms with van der Waals surface area (Å²) in [5, 5.41) is 12.6. The van der Waals surface area contributed by atoms with Gasteiger partial charge in [-0.3, -0.25) is 5.32 Å². The van der Waals surface area contributed by atoms with Crippen molar-refractivity contribution < 1.29 is 4.74 Å². The molecule has 0 aliphatic heterocycles. The highest BCUT2D eigenvalue weighted by molar-refractivity contribution is 5.39. The van der Waals surface area contributed by atoms with Gasteiger partial charge in [-0.05, 0) is 58.6 Å². The van der Waals surface area contributed by atoms with Gasteiger partial charge in [0.15, 0.2) is 0 Å². The van der Waals surface area contributed by atoms with E-state index < -0.39 is 5.54 Å². The van der Waals surface area contributed by atoms with Gasteiger partial charge >= 0.3 is 0 Å². The lowest BCUT2D eigenvalue weighted by Gasteiger charge is -2.26. The van der Waals surface area contributed by atoms with E-state index in [-0.39, 0.29) is 0 Å². The third-order valence-corrected chi connectivity index (χ3v) is 3.33. The smallest absolute Gasteiger partial charge is 0.125 e. The largest absolute Gasteiger partial charge is 0.493 e. The number of ether oxygens (including phenoxy) is 1. The van der Waals surface area contributed by atoms with E-state index in [0.29, 0.717) is 12.6 Å². The first-order chi connectivity index (χ1) is 9.38. The van der Waals surface area contributed by atoms with Crippen LogP contribution in [-0.2, 0) is 0 Å². The quantitative estimate of drug-likeness (QED) is 0.770. The molecule has 3 heteroatoms. The summed E-state index contributed by atoms with van der Waals surface area (Å²) in [5.41, 5.74) is 1.85. The van der Waals surface area contributed by atoms with E-state index in [4.69, 9.17) is 4.74 Å². The normalized spacial score (nSPS) is 13.8. The summed E-state index contributed by atoms with van der Waals surface area (Å²) in [6, 6.07) is 8.82. The second-order valence-corrected chi connectivity index (χ2v) is 5.92. The number of hydrogen-bond acceptors (Lipinski definition) is 3. The van der Waals surface area contributed by atoms with Gasteiger partial charge in [0.05, 0.1) is 12.7 Å². The molecule has 0 aliphatic rings. The Labute approximate surface area is 123 Å². The Balaban J connectivity index is 2.47. The minimum atomic E-state index is -0.474. The second-order valence-electron chi connectivity index (χ2n) is 5.92. The SMILES string of the molecule is Cc1cccc(C)c1OCCCC(C)(C#N)NC(C)C. The first kappa shape index (κ1) is 16.5. The van der Waals surface area contributed by atoms with Crippen LogP contribution < -0.4 is 10.1 Å². The highest BCUT2D eigenvalue weighted by atomic mass is 16.5. The maximum absolute atomic E-state index is 9.29. The molecule has 1 N–H and O–H groups in total. The first-order valence-electron chi connectivity index (χ1n) is 7.26. The summed E-state index contributed by atoms with van der Waals surface area (Å²) >= 11 is 0. The van der Waals surface area contributed by atoms with Crippen molar-refractivity contribution >= 4 is 0 Å². The van der Waals surface area contributed by atoms with Gasteiger partial charge in [0.2, 0.25) is 0 Å². The molecule has 0 fully saturated rings. The zero-order valence-corrected chi connectivity index (χ0v) is 13.3. The second kappa shape index (κ2) is 7.31. The summed E-state index contributed by atoms with van der Waals surface area (Å²) in [5.74, 6) is 0.975. The van der Waals surface area contributed by atoms with Gasteiger partial charge in [-0.15, -0.1) is 0 Å². The number of benzene rings is 1. The number of hydrogen-bond donors (Lipinski definition) is 1. The van der Waals surface area contributed by atoms with Crippen LogP contribution in [0.4, 0.5) is 0 Å². The van der Waals surface area contributed by atoms with Crippen LogP contribution >= 0.6 is 0 Å². The lowest BCUT2D eigenvalue weighted by Crippen LogP contribution is -2.45. The highest BCUT2D eigenvalue weighted by Crippen LogP contribution is 2.23. The molecule has 1 atom stereocenters. The van der Waals surface area contributed by atoms with E-state index in [1.165, 1.54) is 0 Å². The van der Waals surface area contributed by atoms with Crippen molar-refractivity contribution in [2.24, 2.45) is 0 Å². The molecular formula is C17H26N2O. The molecular weight excluding hydrogens is 248 g/mol. The molecule has 0 spiro atoms. The van der Waals surface area contributed by atoms with Gasteiger partial charge in [-0.1, -0.05) is 18.2 Å². The summed E-state index contributed by atoms with van der Waals surface area (Å²) in [4.78, 5) is 0.